The van der Waals surface area contributed by atoms with E-state index in [1.807, 2.05) is 6.07 Å². The van der Waals surface area contributed by atoms with Crippen LogP contribution in [0.3, 0.4) is 0 Å². The molecular weight excluding hydrogens is 474 g/mol. The number of benzene rings is 1. The van der Waals surface area contributed by atoms with Gasteiger partial charge < -0.3 is 25.1 Å². The largest absolute Gasteiger partial charge is 0.444 e. The van der Waals surface area contributed by atoms with Crippen LogP contribution in [0.25, 0.3) is 11.5 Å². The Morgan fingerprint density at radius 2 is 2.14 bits per heavy atom. The zero-order valence-electron chi connectivity index (χ0n) is 21.2. The lowest BCUT2D eigenvalue weighted by atomic mass is 10.0. The van der Waals surface area contributed by atoms with Crippen LogP contribution in [0.5, 0.6) is 0 Å². The average Bonchev–Trinajstić information content (AvgIpc) is 3.43. The van der Waals surface area contributed by atoms with E-state index < -0.39 is 17.6 Å². The third kappa shape index (κ3) is 6.52. The number of allylic oxidation sites excluding steroid dienone is 1. The number of nitrogens with zero attached hydrogens (tertiary/aromatic N) is 5. The maximum Gasteiger partial charge on any atom is 0.410 e. The van der Waals surface area contributed by atoms with E-state index in [1.54, 1.807) is 50.1 Å². The molecule has 1 aromatic carbocycles. The Balaban J connectivity index is 1.47. The number of carbonyl (C=O) groups excluding carboxylic acids is 2. The summed E-state index contributed by atoms with van der Waals surface area (Å²) in [5, 5.41) is 20.2. The Morgan fingerprint density at radius 3 is 2.81 bits per heavy atom. The maximum atomic E-state index is 13.0. The van der Waals surface area contributed by atoms with E-state index in [9.17, 15) is 14.9 Å². The van der Waals surface area contributed by atoms with E-state index in [4.69, 9.17) is 14.9 Å². The molecule has 2 heterocycles. The van der Waals surface area contributed by atoms with Gasteiger partial charge in [0.1, 0.15) is 5.60 Å². The first-order chi connectivity index (χ1) is 17.7. The molecule has 1 aliphatic carbocycles. The summed E-state index contributed by atoms with van der Waals surface area (Å²) in [6, 6.07) is 6.89. The van der Waals surface area contributed by atoms with E-state index in [1.165, 1.54) is 6.20 Å². The molecule has 4 rings (SSSR count). The maximum absolute atomic E-state index is 13.0. The second-order valence-corrected chi connectivity index (χ2v) is 10.2. The SMILES string of the molecule is CC(C)(C)OC(=O)N1CC(NC(=O)c2nnc(-c3cc(C#N)ccc3C3CC3)o2)C[C@H]1CN=CC=CN. The summed E-state index contributed by atoms with van der Waals surface area (Å²) in [7, 11) is 0. The molecule has 1 saturated heterocycles. The van der Waals surface area contributed by atoms with Crippen molar-refractivity contribution < 1.29 is 18.7 Å². The second kappa shape index (κ2) is 10.8. The summed E-state index contributed by atoms with van der Waals surface area (Å²) < 4.78 is 11.3. The molecule has 1 aliphatic heterocycles. The molecular formula is C26H31N7O4. The molecule has 2 atom stereocenters. The minimum Gasteiger partial charge on any atom is -0.444 e. The number of nitriles is 1. The van der Waals surface area contributed by atoms with Crippen LogP contribution in [0.4, 0.5) is 4.79 Å². The van der Waals surface area contributed by atoms with Crippen molar-refractivity contribution >= 4 is 18.2 Å². The van der Waals surface area contributed by atoms with Gasteiger partial charge in [-0.1, -0.05) is 6.07 Å². The fourth-order valence-electron chi connectivity index (χ4n) is 4.26. The molecule has 0 spiro atoms. The molecule has 0 radical (unpaired) electrons. The van der Waals surface area contributed by atoms with Gasteiger partial charge in [-0.2, -0.15) is 5.26 Å². The van der Waals surface area contributed by atoms with E-state index in [0.29, 0.717) is 30.0 Å². The molecule has 0 bridgehead atoms. The summed E-state index contributed by atoms with van der Waals surface area (Å²) in [5.41, 5.74) is 6.87. The highest BCUT2D eigenvalue weighted by Gasteiger charge is 2.38. The van der Waals surface area contributed by atoms with Crippen LogP contribution in [-0.2, 0) is 4.74 Å². The Labute approximate surface area is 215 Å². The van der Waals surface area contributed by atoms with Gasteiger partial charge in [-0.3, -0.25) is 9.79 Å². The monoisotopic (exact) mass is 505 g/mol. The Hall–Kier alpha value is -4.20. The predicted molar refractivity (Wildman–Crippen MR) is 136 cm³/mol. The lowest BCUT2D eigenvalue weighted by Gasteiger charge is -2.27. The van der Waals surface area contributed by atoms with Crippen LogP contribution >= 0.6 is 0 Å². The fraction of sp³-hybridized carbons (Fsp3) is 0.462. The van der Waals surface area contributed by atoms with Gasteiger partial charge in [0, 0.05) is 24.4 Å². The summed E-state index contributed by atoms with van der Waals surface area (Å²) >= 11 is 0. The number of nitrogens with two attached hydrogens (primary N) is 1. The van der Waals surface area contributed by atoms with Gasteiger partial charge in [0.15, 0.2) is 0 Å². The Kier molecular flexibility index (Phi) is 7.57. The van der Waals surface area contributed by atoms with Crippen molar-refractivity contribution in [3.63, 3.8) is 0 Å². The van der Waals surface area contributed by atoms with Crippen molar-refractivity contribution in [2.24, 2.45) is 10.7 Å². The van der Waals surface area contributed by atoms with Crippen LogP contribution in [0.2, 0.25) is 0 Å². The Morgan fingerprint density at radius 1 is 1.35 bits per heavy atom. The molecule has 3 N–H and O–H groups in total. The lowest BCUT2D eigenvalue weighted by molar-refractivity contribution is 0.0229. The zero-order chi connectivity index (χ0) is 26.6. The molecule has 2 fully saturated rings. The highest BCUT2D eigenvalue weighted by molar-refractivity contribution is 5.90. The number of carbonyl (C=O) groups is 2. The quantitative estimate of drug-likeness (QED) is 0.543. The number of nitrogens with one attached hydrogen (secondary N) is 1. The van der Waals surface area contributed by atoms with E-state index in [2.05, 4.69) is 26.6 Å². The third-order valence-electron chi connectivity index (χ3n) is 6.05. The fourth-order valence-corrected chi connectivity index (χ4v) is 4.26. The number of aliphatic imine (C=N–C) groups is 1. The van der Waals surface area contributed by atoms with Crippen LogP contribution in [0.1, 0.15) is 67.8 Å². The molecule has 1 saturated carbocycles. The molecule has 194 valence electrons. The molecule has 11 heteroatoms. The zero-order valence-corrected chi connectivity index (χ0v) is 21.2. The molecule has 2 aliphatic rings. The highest BCUT2D eigenvalue weighted by atomic mass is 16.6. The van der Waals surface area contributed by atoms with Crippen LogP contribution < -0.4 is 11.1 Å². The number of ether oxygens (including phenoxy) is 1. The normalized spacial score (nSPS) is 19.9. The van der Waals surface area contributed by atoms with Crippen LogP contribution in [0.15, 0.2) is 39.9 Å². The predicted octanol–water partition coefficient (Wildman–Crippen LogP) is 3.14. The first-order valence-electron chi connectivity index (χ1n) is 12.2. The van der Waals surface area contributed by atoms with Gasteiger partial charge in [0.05, 0.1) is 24.2 Å². The number of hydrogen-bond acceptors (Lipinski definition) is 9. The first-order valence-corrected chi connectivity index (χ1v) is 12.2. The summed E-state index contributed by atoms with van der Waals surface area (Å²) in [6.45, 7) is 5.99. The number of aromatic nitrogens is 2. The average molecular weight is 506 g/mol. The summed E-state index contributed by atoms with van der Waals surface area (Å²) in [4.78, 5) is 31.7. The van der Waals surface area contributed by atoms with Crippen LogP contribution in [0, 0.1) is 11.3 Å². The van der Waals surface area contributed by atoms with E-state index >= 15 is 0 Å². The second-order valence-electron chi connectivity index (χ2n) is 10.2. The van der Waals surface area contributed by atoms with E-state index in [-0.39, 0.29) is 30.4 Å². The lowest BCUT2D eigenvalue weighted by Crippen LogP contribution is -2.42. The highest BCUT2D eigenvalue weighted by Crippen LogP contribution is 2.44. The molecule has 1 unspecified atom stereocenters. The van der Waals surface area contributed by atoms with Crippen LogP contribution in [-0.4, -0.2) is 64.1 Å². The van der Waals surface area contributed by atoms with Gasteiger partial charge in [0.2, 0.25) is 5.89 Å². The molecule has 37 heavy (non-hydrogen) atoms. The van der Waals surface area contributed by atoms with Crippen molar-refractivity contribution in [1.29, 1.82) is 5.26 Å². The summed E-state index contributed by atoms with van der Waals surface area (Å²) in [6.07, 6.45) is 6.66. The Bertz CT molecular complexity index is 1250. The standard InChI is InChI=1S/C26H31N7O4/c1-26(2,3)37-25(35)33-15-18(12-19(33)14-29-10-4-9-27)30-22(34)24-32-31-23(36-24)21-11-16(13-28)5-8-20(21)17-6-7-17/h4-5,8-11,17-19H,6-7,12,14-15,27H2,1-3H3,(H,30,34)/t18?,19-/m0/s1. The van der Waals surface area contributed by atoms with Gasteiger partial charge in [-0.05, 0) is 75.9 Å². The molecule has 2 amide bonds. The van der Waals surface area contributed by atoms with Crippen molar-refractivity contribution in [3.05, 3.63) is 47.5 Å². The number of rotatable bonds is 7. The van der Waals surface area contributed by atoms with Gasteiger partial charge in [0.25, 0.3) is 0 Å². The van der Waals surface area contributed by atoms with Crippen molar-refractivity contribution in [2.75, 3.05) is 13.1 Å². The van der Waals surface area contributed by atoms with Gasteiger partial charge in [-0.15, -0.1) is 10.2 Å². The van der Waals surface area contributed by atoms with E-state index in [0.717, 1.165) is 18.4 Å². The molecule has 2 aromatic rings. The topological polar surface area (TPSA) is 160 Å². The molecule has 11 nitrogen and oxygen atoms in total. The smallest absolute Gasteiger partial charge is 0.410 e. The third-order valence-corrected chi connectivity index (χ3v) is 6.05. The van der Waals surface area contributed by atoms with Crippen molar-refractivity contribution in [2.45, 2.75) is 63.6 Å². The molecule has 1 aromatic heterocycles. The van der Waals surface area contributed by atoms with Gasteiger partial charge in [-0.25, -0.2) is 4.79 Å². The first kappa shape index (κ1) is 25.9. The number of amides is 2. The minimum atomic E-state index is -0.656. The summed E-state index contributed by atoms with van der Waals surface area (Å²) in [5.74, 6) is -0.125. The van der Waals surface area contributed by atoms with Crippen molar-refractivity contribution in [1.82, 2.24) is 20.4 Å². The number of hydrogen-bond donors (Lipinski definition) is 2. The minimum absolute atomic E-state index is 0.183. The van der Waals surface area contributed by atoms with Crippen molar-refractivity contribution in [3.8, 4) is 17.5 Å². The van der Waals surface area contributed by atoms with Gasteiger partial charge >= 0.3 is 17.9 Å². The number of likely N-dealkylation sites (tertiary alicyclic amines) is 1.